The predicted octanol–water partition coefficient (Wildman–Crippen LogP) is 5.37. The molecule has 0 spiro atoms. The lowest BCUT2D eigenvalue weighted by atomic mass is 10.0. The summed E-state index contributed by atoms with van der Waals surface area (Å²) < 4.78 is 39.1. The van der Waals surface area contributed by atoms with Crippen molar-refractivity contribution >= 4 is 29.8 Å². The highest BCUT2D eigenvalue weighted by Crippen LogP contribution is 2.34. The van der Waals surface area contributed by atoms with E-state index in [0.29, 0.717) is 24.2 Å². The molecule has 212 valence electrons. The first-order chi connectivity index (χ1) is 19.3. The molecule has 2 heterocycles. The van der Waals surface area contributed by atoms with Crippen molar-refractivity contribution in [3.63, 3.8) is 0 Å². The van der Waals surface area contributed by atoms with Gasteiger partial charge < -0.3 is 15.0 Å². The van der Waals surface area contributed by atoms with Crippen molar-refractivity contribution in [3.8, 4) is 0 Å². The average molecular weight is 554 g/mol. The monoisotopic (exact) mass is 553 g/mol. The number of anilines is 2. The van der Waals surface area contributed by atoms with Crippen molar-refractivity contribution in [1.29, 1.82) is 0 Å². The number of nitrogens with two attached hydrogens (primary N) is 1. The zero-order chi connectivity index (χ0) is 29.1. The molecule has 0 radical (unpaired) electrons. The Kier molecular flexibility index (Phi) is 11.0. The lowest BCUT2D eigenvalue weighted by Crippen LogP contribution is -2.39. The first-order valence-corrected chi connectivity index (χ1v) is 13.0. The number of carbonyl (C=O) groups is 2. The van der Waals surface area contributed by atoms with Crippen LogP contribution in [0.1, 0.15) is 42.4 Å². The van der Waals surface area contributed by atoms with Gasteiger partial charge >= 0.3 is 6.18 Å². The Bertz CT molecular complexity index is 1270. The van der Waals surface area contributed by atoms with Gasteiger partial charge in [0.05, 0.1) is 23.4 Å². The fourth-order valence-corrected chi connectivity index (χ4v) is 4.81. The molecule has 1 aliphatic heterocycles. The molecule has 1 atom stereocenters. The number of unbranched alkanes of at least 4 members (excludes halogenated alkanes) is 1. The number of nitrogens with one attached hydrogen (secondary N) is 1. The van der Waals surface area contributed by atoms with Gasteiger partial charge in [0.1, 0.15) is 6.79 Å². The van der Waals surface area contributed by atoms with Crippen molar-refractivity contribution in [3.05, 3.63) is 95.8 Å². The van der Waals surface area contributed by atoms with Gasteiger partial charge in [0.2, 0.25) is 5.91 Å². The van der Waals surface area contributed by atoms with Crippen molar-refractivity contribution in [2.24, 2.45) is 5.84 Å². The molecule has 0 bridgehead atoms. The summed E-state index contributed by atoms with van der Waals surface area (Å²) in [4.78, 5) is 26.9. The molecule has 3 aromatic rings. The normalized spacial score (nSPS) is 13.9. The first-order valence-electron chi connectivity index (χ1n) is 13.0. The van der Waals surface area contributed by atoms with Gasteiger partial charge in [0.15, 0.2) is 0 Å². The second-order valence-corrected chi connectivity index (χ2v) is 9.29. The van der Waals surface area contributed by atoms with Gasteiger partial charge in [-0.1, -0.05) is 24.3 Å². The van der Waals surface area contributed by atoms with E-state index in [9.17, 15) is 18.0 Å². The third-order valence-corrected chi connectivity index (χ3v) is 6.74. The second kappa shape index (κ2) is 14.4. The molecule has 1 unspecified atom stereocenters. The molecular formula is C30H34F3N5O2. The van der Waals surface area contributed by atoms with E-state index in [1.165, 1.54) is 17.1 Å². The lowest BCUT2D eigenvalue weighted by Gasteiger charge is -2.29. The standard InChI is InChI=1S/C29H32F3N5O.CH2O/c1-34-17-16-24(36-26-8-4-2-6-22(26)20-28(36)38)7-3-5-9-27(21-14-18-35-19-15-21)37(33)25-12-10-23(11-13-25)29(30,31)32;1-2/h2,4,6,8-15,18-19,24,34H,3,5,7,16-17,20,33H2,1H3;1H2/b27-9-;. The van der Waals surface area contributed by atoms with Crippen molar-refractivity contribution in [2.45, 2.75) is 44.3 Å². The maximum Gasteiger partial charge on any atom is 0.416 e. The fraction of sp³-hybridized carbons (Fsp3) is 0.300. The Morgan fingerprint density at radius 2 is 1.77 bits per heavy atom. The Labute approximate surface area is 232 Å². The number of hydrogen-bond acceptors (Lipinski definition) is 6. The first kappa shape index (κ1) is 30.5. The number of benzene rings is 2. The number of pyridine rings is 1. The Balaban J connectivity index is 0.00000216. The minimum Gasteiger partial charge on any atom is -0.320 e. The van der Waals surface area contributed by atoms with E-state index >= 15 is 0 Å². The van der Waals surface area contributed by atoms with Crippen LogP contribution in [0.4, 0.5) is 24.5 Å². The van der Waals surface area contributed by atoms with Gasteiger partial charge in [0.25, 0.3) is 0 Å². The average Bonchev–Trinajstić information content (AvgIpc) is 3.31. The molecule has 1 amide bonds. The van der Waals surface area contributed by atoms with E-state index in [-0.39, 0.29) is 11.9 Å². The summed E-state index contributed by atoms with van der Waals surface area (Å²) >= 11 is 0. The van der Waals surface area contributed by atoms with E-state index < -0.39 is 11.7 Å². The molecule has 10 heteroatoms. The van der Waals surface area contributed by atoms with Crippen LogP contribution in [-0.2, 0) is 22.2 Å². The number of carbonyl (C=O) groups excluding carboxylic acids is 2. The van der Waals surface area contributed by atoms with Crippen LogP contribution < -0.4 is 21.1 Å². The highest BCUT2D eigenvalue weighted by Gasteiger charge is 2.32. The van der Waals surface area contributed by atoms with Gasteiger partial charge in [-0.15, -0.1) is 0 Å². The minimum absolute atomic E-state index is 0.0558. The summed E-state index contributed by atoms with van der Waals surface area (Å²) in [7, 11) is 1.90. The Morgan fingerprint density at radius 1 is 1.10 bits per heavy atom. The van der Waals surface area contributed by atoms with E-state index in [1.807, 2.05) is 61.2 Å². The number of rotatable bonds is 11. The summed E-state index contributed by atoms with van der Waals surface area (Å²) in [6.07, 6.45) is 4.39. The van der Waals surface area contributed by atoms with Crippen LogP contribution in [0, 0.1) is 0 Å². The van der Waals surface area contributed by atoms with Crippen molar-refractivity contribution < 1.29 is 22.8 Å². The highest BCUT2D eigenvalue weighted by molar-refractivity contribution is 6.01. The molecule has 0 aliphatic carbocycles. The SMILES string of the molecule is C=O.CNCCC(CCC/C=C(/c1ccncc1)N(N)c1ccc(C(F)(F)F)cc1)N1C(=O)Cc2ccccc21. The molecule has 0 fully saturated rings. The van der Waals surface area contributed by atoms with Crippen molar-refractivity contribution in [1.82, 2.24) is 10.3 Å². The van der Waals surface area contributed by atoms with E-state index in [4.69, 9.17) is 10.6 Å². The zero-order valence-corrected chi connectivity index (χ0v) is 22.4. The fourth-order valence-electron chi connectivity index (χ4n) is 4.81. The Hall–Kier alpha value is -4.02. The van der Waals surface area contributed by atoms with E-state index in [1.54, 1.807) is 12.4 Å². The third-order valence-electron chi connectivity index (χ3n) is 6.74. The molecule has 1 aliphatic rings. The number of alkyl halides is 3. The molecule has 0 saturated carbocycles. The summed E-state index contributed by atoms with van der Waals surface area (Å²) in [6, 6.07) is 16.4. The number of para-hydroxylation sites is 1. The molecule has 3 N–H and O–H groups in total. The number of allylic oxidation sites excluding steroid dienone is 1. The highest BCUT2D eigenvalue weighted by atomic mass is 19.4. The molecule has 40 heavy (non-hydrogen) atoms. The van der Waals surface area contributed by atoms with Gasteiger partial charge in [-0.3, -0.25) is 14.8 Å². The van der Waals surface area contributed by atoms with Crippen molar-refractivity contribution in [2.75, 3.05) is 23.5 Å². The molecule has 2 aromatic carbocycles. The Morgan fingerprint density at radius 3 is 2.42 bits per heavy atom. The third kappa shape index (κ3) is 7.55. The van der Waals surface area contributed by atoms with Gasteiger partial charge in [-0.05, 0) is 87.3 Å². The summed E-state index contributed by atoms with van der Waals surface area (Å²) in [5.74, 6) is 6.53. The lowest BCUT2D eigenvalue weighted by molar-refractivity contribution is -0.137. The maximum absolute atomic E-state index is 13.0. The van der Waals surface area contributed by atoms with Crippen LogP contribution in [0.5, 0.6) is 0 Å². The van der Waals surface area contributed by atoms with Crippen LogP contribution in [0.2, 0.25) is 0 Å². The van der Waals surface area contributed by atoms with E-state index in [2.05, 4.69) is 10.3 Å². The van der Waals surface area contributed by atoms with Crippen LogP contribution in [0.3, 0.4) is 0 Å². The smallest absolute Gasteiger partial charge is 0.320 e. The number of hydrazine groups is 1. The largest absolute Gasteiger partial charge is 0.416 e. The van der Waals surface area contributed by atoms with Crippen LogP contribution >= 0.6 is 0 Å². The maximum atomic E-state index is 13.0. The van der Waals surface area contributed by atoms with Crippen LogP contribution in [-0.4, -0.2) is 37.3 Å². The van der Waals surface area contributed by atoms with Gasteiger partial charge in [-0.25, -0.2) is 5.84 Å². The number of halogens is 3. The number of fused-ring (bicyclic) bond motifs is 1. The number of amides is 1. The molecule has 0 saturated heterocycles. The number of hydrogen-bond donors (Lipinski definition) is 2. The van der Waals surface area contributed by atoms with Crippen LogP contribution in [0.25, 0.3) is 5.70 Å². The minimum atomic E-state index is -4.41. The molecule has 1 aromatic heterocycles. The summed E-state index contributed by atoms with van der Waals surface area (Å²) in [5.41, 5.74) is 3.23. The zero-order valence-electron chi connectivity index (χ0n) is 22.4. The van der Waals surface area contributed by atoms with E-state index in [0.717, 1.165) is 54.8 Å². The van der Waals surface area contributed by atoms with Gasteiger partial charge in [0, 0.05) is 29.7 Å². The summed E-state index contributed by atoms with van der Waals surface area (Å²) in [5, 5.41) is 4.58. The molecule has 4 rings (SSSR count). The summed E-state index contributed by atoms with van der Waals surface area (Å²) in [6.45, 7) is 2.79. The van der Waals surface area contributed by atoms with Gasteiger partial charge in [-0.2, -0.15) is 13.2 Å². The second-order valence-electron chi connectivity index (χ2n) is 9.29. The number of nitrogens with zero attached hydrogens (tertiary/aromatic N) is 3. The topological polar surface area (TPSA) is 91.6 Å². The molecule has 7 nitrogen and oxygen atoms in total. The van der Waals surface area contributed by atoms with Crippen LogP contribution in [0.15, 0.2) is 79.1 Å². The predicted molar refractivity (Wildman–Crippen MR) is 151 cm³/mol. The molecular weight excluding hydrogens is 519 g/mol. The number of aromatic nitrogens is 1. The quantitative estimate of drug-likeness (QED) is 0.188.